The summed E-state index contributed by atoms with van der Waals surface area (Å²) < 4.78 is 55.1. The molecule has 1 amide bonds. The summed E-state index contributed by atoms with van der Waals surface area (Å²) in [6, 6.07) is 8.23. The molecular formula is C22H23F4N5O. The van der Waals surface area contributed by atoms with Gasteiger partial charge in [0.2, 0.25) is 0 Å². The Morgan fingerprint density at radius 2 is 1.69 bits per heavy atom. The maximum absolute atomic E-state index is 13.8. The highest BCUT2D eigenvalue weighted by Gasteiger charge is 2.41. The summed E-state index contributed by atoms with van der Waals surface area (Å²) in [5.74, 6) is -1.36. The van der Waals surface area contributed by atoms with Gasteiger partial charge in [-0.25, -0.2) is 9.07 Å². The van der Waals surface area contributed by atoms with Gasteiger partial charge in [-0.05, 0) is 62.0 Å². The largest absolute Gasteiger partial charge is 0.434 e. The van der Waals surface area contributed by atoms with Crippen molar-refractivity contribution in [2.75, 3.05) is 27.2 Å². The molecule has 2 aromatic heterocycles. The molecule has 0 aliphatic rings. The highest BCUT2D eigenvalue weighted by Crippen LogP contribution is 2.34. The van der Waals surface area contributed by atoms with Gasteiger partial charge in [0.1, 0.15) is 5.82 Å². The van der Waals surface area contributed by atoms with Crippen LogP contribution in [-0.2, 0) is 12.7 Å². The molecule has 0 aliphatic heterocycles. The quantitative estimate of drug-likeness (QED) is 0.488. The third-order valence-electron chi connectivity index (χ3n) is 4.92. The van der Waals surface area contributed by atoms with Gasteiger partial charge in [-0.15, -0.1) is 0 Å². The van der Waals surface area contributed by atoms with E-state index >= 15 is 0 Å². The van der Waals surface area contributed by atoms with E-state index in [1.54, 1.807) is 12.4 Å². The topological polar surface area (TPSA) is 54.3 Å². The average molecular weight is 449 g/mol. The van der Waals surface area contributed by atoms with Crippen LogP contribution in [0.5, 0.6) is 0 Å². The Morgan fingerprint density at radius 3 is 2.31 bits per heavy atom. The Labute approximate surface area is 183 Å². The predicted octanol–water partition coefficient (Wildman–Crippen LogP) is 4.02. The Bertz CT molecular complexity index is 1030. The molecule has 0 bridgehead atoms. The monoisotopic (exact) mass is 449 g/mol. The molecule has 10 heteroatoms. The van der Waals surface area contributed by atoms with E-state index in [4.69, 9.17) is 0 Å². The van der Waals surface area contributed by atoms with Crippen molar-refractivity contribution in [1.82, 2.24) is 24.6 Å². The number of benzene rings is 1. The van der Waals surface area contributed by atoms with Crippen LogP contribution in [0.25, 0.3) is 5.69 Å². The van der Waals surface area contributed by atoms with Gasteiger partial charge < -0.3 is 9.80 Å². The van der Waals surface area contributed by atoms with Crippen molar-refractivity contribution in [3.63, 3.8) is 0 Å². The SMILES string of the molecule is CN(CCCN(C)C(=O)c1cnn(-c2ccc(F)cc2)c1C(F)(F)F)Cc1ccncc1. The minimum atomic E-state index is -4.82. The second-order valence-corrected chi connectivity index (χ2v) is 7.47. The first-order valence-corrected chi connectivity index (χ1v) is 9.91. The summed E-state index contributed by atoms with van der Waals surface area (Å²) in [5, 5.41) is 3.75. The van der Waals surface area contributed by atoms with E-state index in [0.717, 1.165) is 23.9 Å². The van der Waals surface area contributed by atoms with Gasteiger partial charge in [0.15, 0.2) is 5.69 Å². The van der Waals surface area contributed by atoms with E-state index < -0.39 is 29.2 Å². The highest BCUT2D eigenvalue weighted by atomic mass is 19.4. The Kier molecular flexibility index (Phi) is 7.24. The fraction of sp³-hybridized carbons (Fsp3) is 0.318. The third kappa shape index (κ3) is 5.70. The maximum Gasteiger partial charge on any atom is 0.434 e. The summed E-state index contributed by atoms with van der Waals surface area (Å²) >= 11 is 0. The molecule has 0 N–H and O–H groups in total. The number of hydrogen-bond donors (Lipinski definition) is 0. The summed E-state index contributed by atoms with van der Waals surface area (Å²) in [6.45, 7) is 1.63. The Balaban J connectivity index is 1.67. The van der Waals surface area contributed by atoms with Crippen LogP contribution < -0.4 is 0 Å². The number of hydrogen-bond acceptors (Lipinski definition) is 4. The van der Waals surface area contributed by atoms with Crippen molar-refractivity contribution < 1.29 is 22.4 Å². The van der Waals surface area contributed by atoms with Crippen LogP contribution in [0.3, 0.4) is 0 Å². The van der Waals surface area contributed by atoms with Crippen LogP contribution >= 0.6 is 0 Å². The molecule has 2 heterocycles. The smallest absolute Gasteiger partial charge is 0.342 e. The minimum absolute atomic E-state index is 0.0122. The van der Waals surface area contributed by atoms with E-state index in [2.05, 4.69) is 15.0 Å². The summed E-state index contributed by atoms with van der Waals surface area (Å²) in [4.78, 5) is 20.0. The van der Waals surface area contributed by atoms with Gasteiger partial charge in [0, 0.05) is 32.5 Å². The molecule has 0 radical (unpaired) electrons. The molecule has 0 saturated heterocycles. The number of alkyl halides is 3. The van der Waals surface area contributed by atoms with E-state index in [1.807, 2.05) is 19.2 Å². The molecule has 6 nitrogen and oxygen atoms in total. The first-order chi connectivity index (χ1) is 15.2. The van der Waals surface area contributed by atoms with Crippen LogP contribution in [0.2, 0.25) is 0 Å². The molecular weight excluding hydrogens is 426 g/mol. The van der Waals surface area contributed by atoms with Gasteiger partial charge >= 0.3 is 6.18 Å². The van der Waals surface area contributed by atoms with Crippen LogP contribution in [0.1, 0.15) is 28.0 Å². The number of carbonyl (C=O) groups is 1. The molecule has 0 aliphatic carbocycles. The first kappa shape index (κ1) is 23.4. The zero-order chi connectivity index (χ0) is 23.3. The number of carbonyl (C=O) groups excluding carboxylic acids is 1. The second-order valence-electron chi connectivity index (χ2n) is 7.47. The molecule has 170 valence electrons. The van der Waals surface area contributed by atoms with E-state index in [-0.39, 0.29) is 12.2 Å². The Morgan fingerprint density at radius 1 is 1.03 bits per heavy atom. The standard InChI is InChI=1S/C22H23F4N5O/c1-29(15-16-8-10-27-11-9-16)12-3-13-30(2)21(32)19-14-28-31(20(19)22(24,25)26)18-6-4-17(23)5-7-18/h4-11,14H,3,12-13,15H2,1-2H3. The molecule has 0 atom stereocenters. The van der Waals surface area contributed by atoms with E-state index in [9.17, 15) is 22.4 Å². The number of aromatic nitrogens is 3. The van der Waals surface area contributed by atoms with E-state index in [0.29, 0.717) is 24.2 Å². The van der Waals surface area contributed by atoms with Crippen LogP contribution in [0.4, 0.5) is 17.6 Å². The summed E-state index contributed by atoms with van der Waals surface area (Å²) in [5.41, 5.74) is -0.627. The lowest BCUT2D eigenvalue weighted by Gasteiger charge is -2.21. The number of rotatable bonds is 8. The van der Waals surface area contributed by atoms with Gasteiger partial charge in [-0.3, -0.25) is 9.78 Å². The van der Waals surface area contributed by atoms with Gasteiger partial charge in [0.05, 0.1) is 17.4 Å². The fourth-order valence-electron chi connectivity index (χ4n) is 3.32. The van der Waals surface area contributed by atoms with Crippen molar-refractivity contribution in [3.8, 4) is 5.69 Å². The van der Waals surface area contributed by atoms with E-state index in [1.165, 1.54) is 24.1 Å². The third-order valence-corrected chi connectivity index (χ3v) is 4.92. The number of nitrogens with zero attached hydrogens (tertiary/aromatic N) is 5. The molecule has 3 aromatic rings. The zero-order valence-corrected chi connectivity index (χ0v) is 17.7. The second kappa shape index (κ2) is 9.90. The van der Waals surface area contributed by atoms with Crippen molar-refractivity contribution in [3.05, 3.63) is 77.6 Å². The molecule has 0 unspecified atom stereocenters. The normalized spacial score (nSPS) is 11.7. The van der Waals surface area contributed by atoms with Crippen molar-refractivity contribution in [2.24, 2.45) is 0 Å². The minimum Gasteiger partial charge on any atom is -0.342 e. The lowest BCUT2D eigenvalue weighted by atomic mass is 10.2. The number of halogens is 4. The van der Waals surface area contributed by atoms with Crippen molar-refractivity contribution in [1.29, 1.82) is 0 Å². The maximum atomic E-state index is 13.8. The molecule has 3 rings (SSSR count). The number of pyridine rings is 1. The lowest BCUT2D eigenvalue weighted by Crippen LogP contribution is -2.31. The molecule has 0 saturated carbocycles. The van der Waals surface area contributed by atoms with Gasteiger partial charge in [0.25, 0.3) is 5.91 Å². The summed E-state index contributed by atoms with van der Waals surface area (Å²) in [7, 11) is 3.39. The van der Waals surface area contributed by atoms with Crippen LogP contribution in [-0.4, -0.2) is 57.7 Å². The average Bonchev–Trinajstić information content (AvgIpc) is 3.20. The number of amides is 1. The summed E-state index contributed by atoms with van der Waals surface area (Å²) in [6.07, 6.45) is 0.0826. The van der Waals surface area contributed by atoms with Crippen molar-refractivity contribution in [2.45, 2.75) is 19.1 Å². The van der Waals surface area contributed by atoms with Crippen molar-refractivity contribution >= 4 is 5.91 Å². The Hall–Kier alpha value is -3.27. The first-order valence-electron chi connectivity index (χ1n) is 9.91. The van der Waals surface area contributed by atoms with Crippen LogP contribution in [0.15, 0.2) is 55.0 Å². The zero-order valence-electron chi connectivity index (χ0n) is 17.7. The highest BCUT2D eigenvalue weighted by molar-refractivity contribution is 5.95. The fourth-order valence-corrected chi connectivity index (χ4v) is 3.32. The molecule has 32 heavy (non-hydrogen) atoms. The molecule has 0 fully saturated rings. The van der Waals surface area contributed by atoms with Gasteiger partial charge in [-0.1, -0.05) is 0 Å². The van der Waals surface area contributed by atoms with Crippen LogP contribution in [0, 0.1) is 5.82 Å². The molecule has 0 spiro atoms. The van der Waals surface area contributed by atoms with Gasteiger partial charge in [-0.2, -0.15) is 18.3 Å². The molecule has 1 aromatic carbocycles. The lowest BCUT2D eigenvalue weighted by molar-refractivity contribution is -0.143. The predicted molar refractivity (Wildman–Crippen MR) is 111 cm³/mol.